The summed E-state index contributed by atoms with van der Waals surface area (Å²) < 4.78 is 7.19. The predicted molar refractivity (Wildman–Crippen MR) is 70.5 cm³/mol. The fourth-order valence-corrected chi connectivity index (χ4v) is 2.41. The molecule has 0 bridgehead atoms. The maximum Gasteiger partial charge on any atom is 0.215 e. The van der Waals surface area contributed by atoms with Crippen molar-refractivity contribution in [1.82, 2.24) is 14.5 Å². The van der Waals surface area contributed by atoms with Gasteiger partial charge in [-0.1, -0.05) is 6.92 Å². The molecule has 18 heavy (non-hydrogen) atoms. The second-order valence-electron chi connectivity index (χ2n) is 5.11. The number of imidazole rings is 1. The number of anilines is 1. The van der Waals surface area contributed by atoms with E-state index in [1.165, 1.54) is 19.3 Å². The van der Waals surface area contributed by atoms with Crippen LogP contribution in [0.5, 0.6) is 5.88 Å². The van der Waals surface area contributed by atoms with Gasteiger partial charge in [-0.05, 0) is 30.7 Å². The zero-order valence-corrected chi connectivity index (χ0v) is 10.8. The van der Waals surface area contributed by atoms with Gasteiger partial charge >= 0.3 is 0 Å². The molecule has 96 valence electrons. The molecule has 2 aromatic rings. The van der Waals surface area contributed by atoms with Crippen molar-refractivity contribution in [3.63, 3.8) is 0 Å². The van der Waals surface area contributed by atoms with E-state index < -0.39 is 0 Å². The molecule has 0 unspecified atom stereocenters. The maximum absolute atomic E-state index is 6.01. The third-order valence-corrected chi connectivity index (χ3v) is 4.01. The zero-order chi connectivity index (χ0) is 12.8. The summed E-state index contributed by atoms with van der Waals surface area (Å²) in [6.07, 6.45) is 3.72. The predicted octanol–water partition coefficient (Wildman–Crippen LogP) is 2.21. The monoisotopic (exact) mass is 246 g/mol. The lowest BCUT2D eigenvalue weighted by Crippen LogP contribution is -2.13. The van der Waals surface area contributed by atoms with Crippen LogP contribution in [-0.4, -0.2) is 21.6 Å². The number of fused-ring (bicyclic) bond motifs is 1. The summed E-state index contributed by atoms with van der Waals surface area (Å²) in [6.45, 7) is 3.14. The molecule has 0 spiro atoms. The molecule has 0 aliphatic heterocycles. The molecule has 0 radical (unpaired) electrons. The second kappa shape index (κ2) is 3.86. The van der Waals surface area contributed by atoms with Gasteiger partial charge in [0.05, 0.1) is 7.11 Å². The van der Waals surface area contributed by atoms with E-state index in [9.17, 15) is 0 Å². The topological polar surface area (TPSA) is 66.0 Å². The number of hydrogen-bond donors (Lipinski definition) is 1. The summed E-state index contributed by atoms with van der Waals surface area (Å²) in [6, 6.07) is 3.71. The number of nitrogen functional groups attached to an aromatic ring is 1. The fourth-order valence-electron chi connectivity index (χ4n) is 2.41. The van der Waals surface area contributed by atoms with E-state index in [0.717, 1.165) is 17.7 Å². The molecule has 0 saturated heterocycles. The van der Waals surface area contributed by atoms with Gasteiger partial charge in [0.25, 0.3) is 0 Å². The van der Waals surface area contributed by atoms with E-state index in [-0.39, 0.29) is 0 Å². The molecule has 2 N–H and O–H groups in total. The third-order valence-electron chi connectivity index (χ3n) is 4.01. The molecule has 1 saturated carbocycles. The van der Waals surface area contributed by atoms with Crippen LogP contribution in [-0.2, 0) is 6.54 Å². The molecular formula is C13H18N4O. The highest BCUT2D eigenvalue weighted by atomic mass is 16.5. The van der Waals surface area contributed by atoms with Crippen LogP contribution in [0.25, 0.3) is 11.2 Å². The average Bonchev–Trinajstić information content (AvgIpc) is 3.10. The Morgan fingerprint density at radius 3 is 2.78 bits per heavy atom. The Hall–Kier alpha value is -1.78. The molecule has 2 heterocycles. The Balaban J connectivity index is 2.06. The first-order chi connectivity index (χ1) is 8.67. The van der Waals surface area contributed by atoms with Crippen molar-refractivity contribution in [3.05, 3.63) is 12.1 Å². The Kier molecular flexibility index (Phi) is 2.43. The van der Waals surface area contributed by atoms with Crippen LogP contribution in [0.2, 0.25) is 0 Å². The Morgan fingerprint density at radius 2 is 2.17 bits per heavy atom. The largest absolute Gasteiger partial charge is 0.481 e. The highest BCUT2D eigenvalue weighted by Crippen LogP contribution is 2.50. The van der Waals surface area contributed by atoms with Crippen LogP contribution in [0.4, 0.5) is 5.95 Å². The van der Waals surface area contributed by atoms with Crippen molar-refractivity contribution >= 4 is 17.1 Å². The summed E-state index contributed by atoms with van der Waals surface area (Å²) in [5.41, 5.74) is 8.07. The van der Waals surface area contributed by atoms with Crippen LogP contribution < -0.4 is 10.5 Å². The summed E-state index contributed by atoms with van der Waals surface area (Å²) >= 11 is 0. The number of aromatic nitrogens is 3. The summed E-state index contributed by atoms with van der Waals surface area (Å²) in [4.78, 5) is 8.82. The first-order valence-corrected chi connectivity index (χ1v) is 6.34. The molecule has 1 aliphatic rings. The van der Waals surface area contributed by atoms with Gasteiger partial charge in [0.2, 0.25) is 11.8 Å². The number of methoxy groups -OCH3 is 1. The van der Waals surface area contributed by atoms with Crippen molar-refractivity contribution in [1.29, 1.82) is 0 Å². The summed E-state index contributed by atoms with van der Waals surface area (Å²) in [5, 5.41) is 0. The maximum atomic E-state index is 6.01. The number of nitrogens with zero attached hydrogens (tertiary/aromatic N) is 3. The fraction of sp³-hybridized carbons (Fsp3) is 0.538. The van der Waals surface area contributed by atoms with Gasteiger partial charge in [0.1, 0.15) is 5.52 Å². The van der Waals surface area contributed by atoms with E-state index >= 15 is 0 Å². The van der Waals surface area contributed by atoms with E-state index in [0.29, 0.717) is 17.2 Å². The minimum absolute atomic E-state index is 0.409. The smallest absolute Gasteiger partial charge is 0.215 e. The molecule has 3 rings (SSSR count). The average molecular weight is 246 g/mol. The SMILES string of the molecule is CCC1(Cn2c(N)nc3ccc(OC)nc32)CC1. The van der Waals surface area contributed by atoms with Crippen molar-refractivity contribution in [2.75, 3.05) is 12.8 Å². The highest BCUT2D eigenvalue weighted by molar-refractivity contribution is 5.74. The van der Waals surface area contributed by atoms with Gasteiger partial charge in [-0.3, -0.25) is 4.57 Å². The highest BCUT2D eigenvalue weighted by Gasteiger charge is 2.41. The molecular weight excluding hydrogens is 228 g/mol. The number of hydrogen-bond acceptors (Lipinski definition) is 4. The van der Waals surface area contributed by atoms with Crippen molar-refractivity contribution in [2.24, 2.45) is 5.41 Å². The Morgan fingerprint density at radius 1 is 1.39 bits per heavy atom. The standard InChI is InChI=1S/C13H18N4O/c1-3-13(6-7-13)8-17-11-9(15-12(17)14)4-5-10(16-11)18-2/h4-5H,3,6-8H2,1-2H3,(H2,14,15). The van der Waals surface area contributed by atoms with Crippen LogP contribution in [0.3, 0.4) is 0 Å². The molecule has 1 aliphatic carbocycles. The van der Waals surface area contributed by atoms with Gasteiger partial charge in [-0.2, -0.15) is 4.98 Å². The minimum atomic E-state index is 0.409. The number of pyridine rings is 1. The van der Waals surface area contributed by atoms with Crippen LogP contribution >= 0.6 is 0 Å². The lowest BCUT2D eigenvalue weighted by atomic mass is 10.0. The van der Waals surface area contributed by atoms with Gasteiger partial charge in [-0.25, -0.2) is 4.98 Å². The molecule has 2 aromatic heterocycles. The van der Waals surface area contributed by atoms with E-state index in [2.05, 4.69) is 16.9 Å². The second-order valence-corrected chi connectivity index (χ2v) is 5.11. The van der Waals surface area contributed by atoms with Gasteiger partial charge in [0, 0.05) is 12.6 Å². The first kappa shape index (κ1) is 11.3. The minimum Gasteiger partial charge on any atom is -0.481 e. The van der Waals surface area contributed by atoms with Crippen molar-refractivity contribution in [2.45, 2.75) is 32.7 Å². The van der Waals surface area contributed by atoms with Gasteiger partial charge < -0.3 is 10.5 Å². The zero-order valence-electron chi connectivity index (χ0n) is 10.8. The molecule has 0 amide bonds. The molecule has 0 atom stereocenters. The van der Waals surface area contributed by atoms with E-state index in [1.54, 1.807) is 7.11 Å². The normalized spacial score (nSPS) is 17.0. The lowest BCUT2D eigenvalue weighted by molar-refractivity contribution is 0.395. The quantitative estimate of drug-likeness (QED) is 0.898. The number of rotatable bonds is 4. The number of ether oxygens (including phenoxy) is 1. The Bertz CT molecular complexity index is 586. The first-order valence-electron chi connectivity index (χ1n) is 6.34. The van der Waals surface area contributed by atoms with E-state index in [1.807, 2.05) is 16.7 Å². The lowest BCUT2D eigenvalue weighted by Gasteiger charge is -2.14. The molecule has 0 aromatic carbocycles. The molecule has 5 heteroatoms. The van der Waals surface area contributed by atoms with Crippen molar-refractivity contribution < 1.29 is 4.74 Å². The number of nitrogens with two attached hydrogens (primary N) is 1. The molecule has 5 nitrogen and oxygen atoms in total. The van der Waals surface area contributed by atoms with Gasteiger partial charge in [-0.15, -0.1) is 0 Å². The van der Waals surface area contributed by atoms with Crippen molar-refractivity contribution in [3.8, 4) is 5.88 Å². The summed E-state index contributed by atoms with van der Waals surface area (Å²) in [7, 11) is 1.62. The third kappa shape index (κ3) is 1.70. The van der Waals surface area contributed by atoms with Gasteiger partial charge in [0.15, 0.2) is 5.65 Å². The Labute approximate surface area is 106 Å². The van der Waals surface area contributed by atoms with E-state index in [4.69, 9.17) is 10.5 Å². The molecule has 1 fully saturated rings. The van der Waals surface area contributed by atoms with Crippen LogP contribution in [0, 0.1) is 5.41 Å². The summed E-state index contributed by atoms with van der Waals surface area (Å²) in [5.74, 6) is 1.15. The van der Waals surface area contributed by atoms with Crippen LogP contribution in [0.1, 0.15) is 26.2 Å². The van der Waals surface area contributed by atoms with Crippen LogP contribution in [0.15, 0.2) is 12.1 Å².